The number of aryl methyl sites for hydroxylation is 2. The summed E-state index contributed by atoms with van der Waals surface area (Å²) in [6.07, 6.45) is 0. The number of amides is 1. The summed E-state index contributed by atoms with van der Waals surface area (Å²) in [6.45, 7) is 4.66. The van der Waals surface area contributed by atoms with Crippen LogP contribution in [0, 0.1) is 6.92 Å². The average molecular weight is 426 g/mol. The number of aromatic nitrogens is 2. The van der Waals surface area contributed by atoms with Crippen LogP contribution in [0.25, 0.3) is 22.2 Å². The molecule has 148 valence electrons. The molecule has 1 amide bonds. The van der Waals surface area contributed by atoms with Crippen molar-refractivity contribution in [3.8, 4) is 17.0 Å². The summed E-state index contributed by atoms with van der Waals surface area (Å²) in [6, 6.07) is 13.4. The highest BCUT2D eigenvalue weighted by Gasteiger charge is 2.21. The van der Waals surface area contributed by atoms with Crippen molar-refractivity contribution in [2.45, 2.75) is 20.4 Å². The second-order valence-electron chi connectivity index (χ2n) is 6.60. The number of hydrogen-bond acceptors (Lipinski definition) is 4. The van der Waals surface area contributed by atoms with Crippen molar-refractivity contribution >= 4 is 44.9 Å². The number of ether oxygens (including phenoxy) is 1. The molecule has 4 aromatic rings. The van der Waals surface area contributed by atoms with Gasteiger partial charge in [0.15, 0.2) is 5.13 Å². The lowest BCUT2D eigenvalue weighted by Gasteiger charge is -2.08. The average Bonchev–Trinajstić information content (AvgIpc) is 3.30. The number of halogens is 1. The third-order valence-corrected chi connectivity index (χ3v) is 5.91. The molecule has 0 bridgehead atoms. The smallest absolute Gasteiger partial charge is 0.274 e. The molecule has 2 aromatic heterocycles. The molecule has 2 heterocycles. The van der Waals surface area contributed by atoms with Crippen LogP contribution < -0.4 is 10.1 Å². The molecule has 4 rings (SSSR count). The molecular weight excluding hydrogens is 406 g/mol. The van der Waals surface area contributed by atoms with Gasteiger partial charge in [-0.3, -0.25) is 10.1 Å². The van der Waals surface area contributed by atoms with Crippen LogP contribution in [0.1, 0.15) is 23.0 Å². The van der Waals surface area contributed by atoms with E-state index < -0.39 is 0 Å². The van der Waals surface area contributed by atoms with E-state index >= 15 is 0 Å². The van der Waals surface area contributed by atoms with Gasteiger partial charge >= 0.3 is 0 Å². The zero-order valence-electron chi connectivity index (χ0n) is 16.3. The first-order chi connectivity index (χ1) is 14.0. The zero-order chi connectivity index (χ0) is 20.5. The van der Waals surface area contributed by atoms with Crippen molar-refractivity contribution < 1.29 is 9.53 Å². The maximum absolute atomic E-state index is 13.1. The first-order valence-electron chi connectivity index (χ1n) is 9.21. The number of benzene rings is 2. The maximum atomic E-state index is 13.1. The molecule has 0 unspecified atom stereocenters. The second-order valence-corrected chi connectivity index (χ2v) is 7.89. The van der Waals surface area contributed by atoms with Crippen LogP contribution in [0.4, 0.5) is 5.13 Å². The fraction of sp³-hybridized carbons (Fsp3) is 0.182. The standard InChI is InChI=1S/C22H20ClN3O2S/c1-4-26-19-10-7-15(23)11-17(19)13(2)20(26)21(27)25-22-24-18(12-29-22)14-5-8-16(28-3)9-6-14/h5-12H,4H2,1-3H3,(H,24,25,27). The van der Waals surface area contributed by atoms with E-state index in [1.807, 2.05) is 66.3 Å². The van der Waals surface area contributed by atoms with Crippen molar-refractivity contribution in [1.82, 2.24) is 9.55 Å². The summed E-state index contributed by atoms with van der Waals surface area (Å²) in [7, 11) is 1.64. The molecule has 0 aliphatic rings. The minimum absolute atomic E-state index is 0.174. The number of nitrogens with zero attached hydrogens (tertiary/aromatic N) is 2. The number of nitrogens with one attached hydrogen (secondary N) is 1. The van der Waals surface area contributed by atoms with Crippen molar-refractivity contribution in [1.29, 1.82) is 0 Å². The van der Waals surface area contributed by atoms with Gasteiger partial charge in [0.05, 0.1) is 12.8 Å². The highest BCUT2D eigenvalue weighted by Crippen LogP contribution is 2.30. The third kappa shape index (κ3) is 3.61. The molecule has 5 nitrogen and oxygen atoms in total. The Bertz CT molecular complexity index is 1190. The largest absolute Gasteiger partial charge is 0.497 e. The van der Waals surface area contributed by atoms with Crippen LogP contribution in [0.2, 0.25) is 5.02 Å². The number of rotatable bonds is 5. The molecule has 0 saturated carbocycles. The van der Waals surface area contributed by atoms with Crippen LogP contribution in [0.3, 0.4) is 0 Å². The van der Waals surface area contributed by atoms with E-state index in [4.69, 9.17) is 16.3 Å². The fourth-order valence-corrected chi connectivity index (χ4v) is 4.38. The summed E-state index contributed by atoms with van der Waals surface area (Å²) in [4.78, 5) is 17.7. The molecule has 7 heteroatoms. The predicted octanol–water partition coefficient (Wildman–Crippen LogP) is 6.01. The van der Waals surface area contributed by atoms with Gasteiger partial charge in [-0.25, -0.2) is 4.98 Å². The molecule has 0 atom stereocenters. The van der Waals surface area contributed by atoms with E-state index in [9.17, 15) is 4.79 Å². The van der Waals surface area contributed by atoms with Gasteiger partial charge in [0.1, 0.15) is 11.4 Å². The molecule has 0 aliphatic carbocycles. The van der Waals surface area contributed by atoms with Crippen LogP contribution in [-0.4, -0.2) is 22.6 Å². The van der Waals surface area contributed by atoms with Gasteiger partial charge in [-0.2, -0.15) is 0 Å². The monoisotopic (exact) mass is 425 g/mol. The van der Waals surface area contributed by atoms with Gasteiger partial charge in [0.2, 0.25) is 0 Å². The Labute approximate surface area is 177 Å². The minimum atomic E-state index is -0.174. The fourth-order valence-electron chi connectivity index (χ4n) is 3.50. The molecule has 0 radical (unpaired) electrons. The van der Waals surface area contributed by atoms with E-state index in [0.29, 0.717) is 22.4 Å². The molecule has 0 spiro atoms. The number of fused-ring (bicyclic) bond motifs is 1. The summed E-state index contributed by atoms with van der Waals surface area (Å²) >= 11 is 7.56. The highest BCUT2D eigenvalue weighted by atomic mass is 35.5. The summed E-state index contributed by atoms with van der Waals surface area (Å²) in [5.74, 6) is 0.618. The van der Waals surface area contributed by atoms with E-state index in [1.54, 1.807) is 7.11 Å². The topological polar surface area (TPSA) is 56.2 Å². The number of anilines is 1. The number of carbonyl (C=O) groups excluding carboxylic acids is 1. The Morgan fingerprint density at radius 3 is 2.69 bits per heavy atom. The van der Waals surface area contributed by atoms with E-state index in [0.717, 1.165) is 33.5 Å². The lowest BCUT2D eigenvalue weighted by Crippen LogP contribution is -2.17. The van der Waals surface area contributed by atoms with E-state index in [1.165, 1.54) is 11.3 Å². The van der Waals surface area contributed by atoms with Gasteiger partial charge in [-0.1, -0.05) is 11.6 Å². The molecule has 29 heavy (non-hydrogen) atoms. The quantitative estimate of drug-likeness (QED) is 0.426. The number of carbonyl (C=O) groups is 1. The third-order valence-electron chi connectivity index (χ3n) is 4.92. The van der Waals surface area contributed by atoms with Gasteiger partial charge in [0, 0.05) is 33.4 Å². The molecule has 2 aromatic carbocycles. The van der Waals surface area contributed by atoms with Gasteiger partial charge in [0.25, 0.3) is 5.91 Å². The maximum Gasteiger partial charge on any atom is 0.274 e. The van der Waals surface area contributed by atoms with Gasteiger partial charge in [-0.05, 0) is 61.9 Å². The van der Waals surface area contributed by atoms with E-state index in [2.05, 4.69) is 10.3 Å². The predicted molar refractivity (Wildman–Crippen MR) is 119 cm³/mol. The lowest BCUT2D eigenvalue weighted by molar-refractivity contribution is 0.101. The lowest BCUT2D eigenvalue weighted by atomic mass is 10.1. The van der Waals surface area contributed by atoms with E-state index in [-0.39, 0.29) is 5.91 Å². The van der Waals surface area contributed by atoms with Crippen molar-refractivity contribution in [2.24, 2.45) is 0 Å². The minimum Gasteiger partial charge on any atom is -0.497 e. The normalized spacial score (nSPS) is 11.0. The Balaban J connectivity index is 1.63. The van der Waals surface area contributed by atoms with Crippen LogP contribution in [0.5, 0.6) is 5.75 Å². The SMILES string of the molecule is CCn1c(C(=O)Nc2nc(-c3ccc(OC)cc3)cs2)c(C)c2cc(Cl)ccc21. The summed E-state index contributed by atoms with van der Waals surface area (Å²) < 4.78 is 7.20. The molecular formula is C22H20ClN3O2S. The summed E-state index contributed by atoms with van der Waals surface area (Å²) in [5, 5.41) is 7.09. The number of methoxy groups -OCH3 is 1. The molecule has 1 N–H and O–H groups in total. The second kappa shape index (κ2) is 7.89. The number of thiazole rings is 1. The first-order valence-corrected chi connectivity index (χ1v) is 10.5. The number of hydrogen-bond donors (Lipinski definition) is 1. The van der Waals surface area contributed by atoms with Gasteiger partial charge < -0.3 is 9.30 Å². The molecule has 0 fully saturated rings. The van der Waals surface area contributed by atoms with Gasteiger partial charge in [-0.15, -0.1) is 11.3 Å². The Morgan fingerprint density at radius 1 is 1.24 bits per heavy atom. The Morgan fingerprint density at radius 2 is 2.00 bits per heavy atom. The zero-order valence-corrected chi connectivity index (χ0v) is 17.9. The van der Waals surface area contributed by atoms with Crippen molar-refractivity contribution in [3.63, 3.8) is 0 Å². The Kier molecular flexibility index (Phi) is 5.30. The molecule has 0 saturated heterocycles. The first kappa shape index (κ1) is 19.5. The van der Waals surface area contributed by atoms with Crippen molar-refractivity contribution in [3.05, 3.63) is 64.1 Å². The molecule has 0 aliphatic heterocycles. The highest BCUT2D eigenvalue weighted by molar-refractivity contribution is 7.14. The van der Waals surface area contributed by atoms with Crippen LogP contribution >= 0.6 is 22.9 Å². The summed E-state index contributed by atoms with van der Waals surface area (Å²) in [5.41, 5.74) is 4.32. The van der Waals surface area contributed by atoms with Crippen molar-refractivity contribution in [2.75, 3.05) is 12.4 Å². The Hall–Kier alpha value is -2.83. The van der Waals surface area contributed by atoms with Crippen LogP contribution in [0.15, 0.2) is 47.8 Å². The van der Waals surface area contributed by atoms with Crippen LogP contribution in [-0.2, 0) is 6.54 Å².